The van der Waals surface area contributed by atoms with Gasteiger partial charge in [-0.3, -0.25) is 9.58 Å². The molecule has 4 heteroatoms. The Labute approximate surface area is 122 Å². The normalized spacial score (nSPS) is 11.7. The molecule has 0 saturated heterocycles. The van der Waals surface area contributed by atoms with Crippen molar-refractivity contribution in [2.24, 2.45) is 0 Å². The highest BCUT2D eigenvalue weighted by molar-refractivity contribution is 6.18. The summed E-state index contributed by atoms with van der Waals surface area (Å²) >= 11 is 5.87. The highest BCUT2D eigenvalue weighted by Gasteiger charge is 2.10. The van der Waals surface area contributed by atoms with Crippen LogP contribution < -0.4 is 0 Å². The van der Waals surface area contributed by atoms with Gasteiger partial charge in [0.25, 0.3) is 0 Å². The number of aromatic nitrogens is 2. The van der Waals surface area contributed by atoms with Crippen LogP contribution in [-0.2, 0) is 6.54 Å². The van der Waals surface area contributed by atoms with Gasteiger partial charge in [0.2, 0.25) is 0 Å². The molecule has 1 heterocycles. The maximum atomic E-state index is 5.87. The Morgan fingerprint density at radius 3 is 2.58 bits per heavy atom. The lowest BCUT2D eigenvalue weighted by Gasteiger charge is -2.19. The van der Waals surface area contributed by atoms with Crippen molar-refractivity contribution >= 4 is 11.6 Å². The Hall–Kier alpha value is -0.540. The van der Waals surface area contributed by atoms with Crippen LogP contribution in [0.2, 0.25) is 0 Å². The molecule has 110 valence electrons. The van der Waals surface area contributed by atoms with Gasteiger partial charge in [-0.1, -0.05) is 27.2 Å². The fourth-order valence-electron chi connectivity index (χ4n) is 2.33. The number of unbranched alkanes of at least 4 members (excludes halogenated alkanes) is 1. The van der Waals surface area contributed by atoms with E-state index in [1.165, 1.54) is 12.8 Å². The summed E-state index contributed by atoms with van der Waals surface area (Å²) in [5.41, 5.74) is 1.16. The van der Waals surface area contributed by atoms with Gasteiger partial charge in [-0.2, -0.15) is 5.10 Å². The van der Waals surface area contributed by atoms with E-state index >= 15 is 0 Å². The second-order valence-electron chi connectivity index (χ2n) is 5.08. The summed E-state index contributed by atoms with van der Waals surface area (Å²) in [6.07, 6.45) is 6.84. The average molecular weight is 286 g/mol. The molecule has 0 bridgehead atoms. The van der Waals surface area contributed by atoms with Crippen LogP contribution in [0.5, 0.6) is 0 Å². The van der Waals surface area contributed by atoms with Gasteiger partial charge in [0.05, 0.1) is 11.7 Å². The molecule has 0 N–H and O–H groups in total. The van der Waals surface area contributed by atoms with E-state index in [-0.39, 0.29) is 0 Å². The van der Waals surface area contributed by atoms with Crippen molar-refractivity contribution in [3.8, 4) is 0 Å². The van der Waals surface area contributed by atoms with Crippen LogP contribution in [0.1, 0.15) is 58.2 Å². The molecule has 0 spiro atoms. The smallest absolute Gasteiger partial charge is 0.0764 e. The van der Waals surface area contributed by atoms with Gasteiger partial charge in [-0.15, -0.1) is 11.6 Å². The van der Waals surface area contributed by atoms with Crippen molar-refractivity contribution in [1.29, 1.82) is 0 Å². The molecular weight excluding hydrogens is 258 g/mol. The van der Waals surface area contributed by atoms with E-state index in [0.717, 1.165) is 38.2 Å². The van der Waals surface area contributed by atoms with Gasteiger partial charge < -0.3 is 0 Å². The van der Waals surface area contributed by atoms with Gasteiger partial charge in [-0.25, -0.2) is 0 Å². The summed E-state index contributed by atoms with van der Waals surface area (Å²) in [6, 6.07) is 2.68. The summed E-state index contributed by atoms with van der Waals surface area (Å²) in [7, 11) is 0. The van der Waals surface area contributed by atoms with Gasteiger partial charge in [0, 0.05) is 25.2 Å². The van der Waals surface area contributed by atoms with Crippen molar-refractivity contribution in [1.82, 2.24) is 14.7 Å². The Bertz CT molecular complexity index is 334. The predicted octanol–water partition coefficient (Wildman–Crippen LogP) is 4.09. The Morgan fingerprint density at radius 2 is 2.00 bits per heavy atom. The monoisotopic (exact) mass is 285 g/mol. The van der Waals surface area contributed by atoms with Crippen LogP contribution >= 0.6 is 11.6 Å². The fraction of sp³-hybridized carbons (Fsp3) is 0.800. The largest absolute Gasteiger partial charge is 0.296 e. The maximum Gasteiger partial charge on any atom is 0.0764 e. The number of alkyl halides is 1. The minimum Gasteiger partial charge on any atom is -0.296 e. The summed E-state index contributed by atoms with van der Waals surface area (Å²) < 4.78 is 2.12. The Balaban J connectivity index is 2.58. The second-order valence-corrected chi connectivity index (χ2v) is 5.45. The summed E-state index contributed by atoms with van der Waals surface area (Å²) in [5.74, 6) is 0.691. The summed E-state index contributed by atoms with van der Waals surface area (Å²) in [6.45, 7) is 9.63. The number of hydrogen-bond donors (Lipinski definition) is 0. The summed E-state index contributed by atoms with van der Waals surface area (Å²) in [4.78, 5) is 2.40. The third kappa shape index (κ3) is 5.53. The van der Waals surface area contributed by atoms with Gasteiger partial charge in [0.1, 0.15) is 0 Å². The molecule has 0 radical (unpaired) electrons. The van der Waals surface area contributed by atoms with Crippen molar-refractivity contribution in [2.75, 3.05) is 19.0 Å². The van der Waals surface area contributed by atoms with Gasteiger partial charge >= 0.3 is 0 Å². The average Bonchev–Trinajstić information content (AvgIpc) is 2.86. The van der Waals surface area contributed by atoms with Crippen molar-refractivity contribution in [2.45, 2.75) is 59.0 Å². The molecule has 1 aromatic rings. The van der Waals surface area contributed by atoms with E-state index in [2.05, 4.69) is 42.6 Å². The second kappa shape index (κ2) is 9.38. The van der Waals surface area contributed by atoms with E-state index in [4.69, 9.17) is 16.7 Å². The maximum absolute atomic E-state index is 5.87. The molecule has 0 aliphatic rings. The zero-order valence-electron chi connectivity index (χ0n) is 12.6. The molecular formula is C15H28ClN3. The molecule has 0 fully saturated rings. The Kier molecular flexibility index (Phi) is 8.15. The minimum absolute atomic E-state index is 0.533. The van der Waals surface area contributed by atoms with Crippen molar-refractivity contribution in [3.63, 3.8) is 0 Å². The van der Waals surface area contributed by atoms with E-state index in [0.29, 0.717) is 11.9 Å². The van der Waals surface area contributed by atoms with Gasteiger partial charge in [0.15, 0.2) is 0 Å². The molecule has 0 amide bonds. The van der Waals surface area contributed by atoms with E-state index in [1.54, 1.807) is 0 Å². The van der Waals surface area contributed by atoms with Gasteiger partial charge in [-0.05, 0) is 31.9 Å². The molecule has 0 aliphatic carbocycles. The predicted molar refractivity (Wildman–Crippen MR) is 82.8 cm³/mol. The van der Waals surface area contributed by atoms with Crippen molar-refractivity contribution in [3.05, 3.63) is 18.0 Å². The van der Waals surface area contributed by atoms with Crippen LogP contribution in [0.25, 0.3) is 0 Å². The van der Waals surface area contributed by atoms with Crippen LogP contribution in [0.15, 0.2) is 12.3 Å². The first-order valence-corrected chi connectivity index (χ1v) is 8.10. The third-order valence-electron chi connectivity index (χ3n) is 3.59. The molecule has 1 aromatic heterocycles. The SMILES string of the molecule is CCCCN(CCCl)Cc1ccn(C(CC)CC)n1. The molecule has 3 nitrogen and oxygen atoms in total. The first-order chi connectivity index (χ1) is 9.24. The first-order valence-electron chi connectivity index (χ1n) is 7.57. The van der Waals surface area contributed by atoms with Crippen LogP contribution in [-0.4, -0.2) is 33.6 Å². The standard InChI is InChI=1S/C15H28ClN3/c1-4-7-10-18(12-9-16)13-14-8-11-19(17-14)15(5-2)6-3/h8,11,15H,4-7,9-10,12-13H2,1-3H3. The molecule has 0 aromatic carbocycles. The quantitative estimate of drug-likeness (QED) is 0.604. The third-order valence-corrected chi connectivity index (χ3v) is 3.76. The topological polar surface area (TPSA) is 21.1 Å². The number of hydrogen-bond acceptors (Lipinski definition) is 2. The highest BCUT2D eigenvalue weighted by atomic mass is 35.5. The molecule has 0 atom stereocenters. The Morgan fingerprint density at radius 1 is 1.26 bits per heavy atom. The lowest BCUT2D eigenvalue weighted by atomic mass is 10.2. The van der Waals surface area contributed by atoms with E-state index in [9.17, 15) is 0 Å². The summed E-state index contributed by atoms with van der Waals surface area (Å²) in [5, 5.41) is 4.71. The lowest BCUT2D eigenvalue weighted by molar-refractivity contribution is 0.271. The molecule has 0 aliphatic heterocycles. The van der Waals surface area contributed by atoms with E-state index in [1.807, 2.05) is 0 Å². The zero-order chi connectivity index (χ0) is 14.1. The van der Waals surface area contributed by atoms with Crippen LogP contribution in [0.3, 0.4) is 0 Å². The first kappa shape index (κ1) is 16.5. The molecule has 0 saturated carbocycles. The fourth-order valence-corrected chi connectivity index (χ4v) is 2.57. The van der Waals surface area contributed by atoms with E-state index < -0.39 is 0 Å². The molecule has 1 rings (SSSR count). The molecule has 19 heavy (non-hydrogen) atoms. The minimum atomic E-state index is 0.533. The van der Waals surface area contributed by atoms with Crippen LogP contribution in [0.4, 0.5) is 0 Å². The van der Waals surface area contributed by atoms with Crippen molar-refractivity contribution < 1.29 is 0 Å². The highest BCUT2D eigenvalue weighted by Crippen LogP contribution is 2.15. The van der Waals surface area contributed by atoms with Crippen LogP contribution in [0, 0.1) is 0 Å². The number of nitrogens with zero attached hydrogens (tertiary/aromatic N) is 3. The number of rotatable bonds is 10. The number of halogens is 1. The lowest BCUT2D eigenvalue weighted by Crippen LogP contribution is -2.26. The zero-order valence-corrected chi connectivity index (χ0v) is 13.4. The molecule has 0 unspecified atom stereocenters.